The number of aliphatic hydroxyl groups is 1. The molecule has 2 fully saturated rings. The molecule has 2 aliphatic heterocycles. The molecule has 164 valence electrons. The molecule has 0 radical (unpaired) electrons. The van der Waals surface area contributed by atoms with Gasteiger partial charge in [-0.2, -0.15) is 0 Å². The van der Waals surface area contributed by atoms with E-state index in [0.29, 0.717) is 12.8 Å². The number of carbonyl (C=O) groups is 1. The van der Waals surface area contributed by atoms with E-state index >= 15 is 0 Å². The highest BCUT2D eigenvalue weighted by Crippen LogP contribution is 2.45. The van der Waals surface area contributed by atoms with Gasteiger partial charge in [-0.15, -0.1) is 0 Å². The van der Waals surface area contributed by atoms with Gasteiger partial charge < -0.3 is 9.84 Å². The van der Waals surface area contributed by atoms with Crippen LogP contribution in [-0.2, 0) is 4.74 Å². The molecule has 1 unspecified atom stereocenters. The first-order chi connectivity index (χ1) is 14.8. The van der Waals surface area contributed by atoms with E-state index < -0.39 is 17.4 Å². The van der Waals surface area contributed by atoms with Crippen molar-refractivity contribution in [3.63, 3.8) is 0 Å². The minimum absolute atomic E-state index is 0.109. The molecule has 5 heteroatoms. The minimum Gasteiger partial charge on any atom is -0.437 e. The molecule has 0 bridgehead atoms. The fraction of sp³-hybridized carbons (Fsp3) is 0.423. The largest absolute Gasteiger partial charge is 0.437 e. The Kier molecular flexibility index (Phi) is 5.91. The van der Waals surface area contributed by atoms with Crippen LogP contribution >= 0.6 is 0 Å². The molecule has 2 aromatic carbocycles. The van der Waals surface area contributed by atoms with E-state index in [1.165, 1.54) is 21.6 Å². The van der Waals surface area contributed by atoms with E-state index in [9.17, 15) is 9.90 Å². The van der Waals surface area contributed by atoms with Crippen molar-refractivity contribution in [3.05, 3.63) is 77.9 Å². The molecule has 2 aromatic rings. The summed E-state index contributed by atoms with van der Waals surface area (Å²) >= 11 is 0. The maximum atomic E-state index is 12.4. The highest BCUT2D eigenvalue weighted by molar-refractivity contribution is 5.79. The van der Waals surface area contributed by atoms with Crippen molar-refractivity contribution in [2.45, 2.75) is 51.0 Å². The summed E-state index contributed by atoms with van der Waals surface area (Å²) in [5.41, 5.74) is 1.48. The Bertz CT molecular complexity index is 888. The Morgan fingerprint density at radius 3 is 2.00 bits per heavy atom. The standard InChI is InChI=1S/C26H32N2O3/c1-20(2)28-24(29)31-26(25(28,3)30)15-18-27(19-16-26)17-14-23(21-10-6-4-7-11-21)22-12-8-5-9-13-22/h4-14,20,30H,15-19H2,1-3H3. The first-order valence-electron chi connectivity index (χ1n) is 11.1. The number of amides is 1. The van der Waals surface area contributed by atoms with Gasteiger partial charge in [0.05, 0.1) is 0 Å². The first kappa shape index (κ1) is 21.6. The summed E-state index contributed by atoms with van der Waals surface area (Å²) in [5, 5.41) is 11.2. The van der Waals surface area contributed by atoms with E-state index in [1.807, 2.05) is 26.0 Å². The lowest BCUT2D eigenvalue weighted by Crippen LogP contribution is -2.61. The molecule has 2 heterocycles. The second kappa shape index (κ2) is 8.48. The SMILES string of the molecule is CC(C)N1C(=O)OC2(CCN(CC=C(c3ccccc3)c3ccccc3)CC2)C1(C)O. The van der Waals surface area contributed by atoms with Crippen LogP contribution < -0.4 is 0 Å². The fourth-order valence-electron chi connectivity index (χ4n) is 4.95. The Hall–Kier alpha value is -2.63. The lowest BCUT2D eigenvalue weighted by Gasteiger charge is -2.45. The van der Waals surface area contributed by atoms with Crippen LogP contribution in [0.5, 0.6) is 0 Å². The van der Waals surface area contributed by atoms with E-state index in [1.54, 1.807) is 6.92 Å². The molecule has 4 rings (SSSR count). The first-order valence-corrected chi connectivity index (χ1v) is 11.1. The number of ether oxygens (including phenoxy) is 1. The number of carbonyl (C=O) groups excluding carboxylic acids is 1. The lowest BCUT2D eigenvalue weighted by molar-refractivity contribution is -0.169. The van der Waals surface area contributed by atoms with Gasteiger partial charge in [0.15, 0.2) is 11.3 Å². The van der Waals surface area contributed by atoms with Crippen LogP contribution in [0.25, 0.3) is 5.57 Å². The van der Waals surface area contributed by atoms with Crippen molar-refractivity contribution in [3.8, 4) is 0 Å². The average molecular weight is 421 g/mol. The van der Waals surface area contributed by atoms with Crippen molar-refractivity contribution in [2.75, 3.05) is 19.6 Å². The smallest absolute Gasteiger partial charge is 0.413 e. The van der Waals surface area contributed by atoms with Gasteiger partial charge >= 0.3 is 6.09 Å². The second-order valence-electron chi connectivity index (χ2n) is 9.00. The molecule has 31 heavy (non-hydrogen) atoms. The summed E-state index contributed by atoms with van der Waals surface area (Å²) in [7, 11) is 0. The number of benzene rings is 2. The van der Waals surface area contributed by atoms with Crippen LogP contribution in [0.2, 0.25) is 0 Å². The molecule has 0 saturated carbocycles. The Morgan fingerprint density at radius 2 is 1.55 bits per heavy atom. The summed E-state index contributed by atoms with van der Waals surface area (Å²) in [5.74, 6) is 0. The maximum Gasteiger partial charge on any atom is 0.413 e. The van der Waals surface area contributed by atoms with Crippen molar-refractivity contribution in [2.24, 2.45) is 0 Å². The zero-order chi connectivity index (χ0) is 22.1. The molecule has 5 nitrogen and oxygen atoms in total. The third-order valence-corrected chi connectivity index (χ3v) is 6.71. The molecule has 0 aliphatic carbocycles. The summed E-state index contributed by atoms with van der Waals surface area (Å²) in [4.78, 5) is 16.3. The zero-order valence-electron chi connectivity index (χ0n) is 18.6. The van der Waals surface area contributed by atoms with Crippen molar-refractivity contribution in [1.29, 1.82) is 0 Å². The molecule has 1 spiro atoms. The van der Waals surface area contributed by atoms with Crippen LogP contribution in [0.3, 0.4) is 0 Å². The van der Waals surface area contributed by atoms with Gasteiger partial charge in [0.2, 0.25) is 0 Å². The highest BCUT2D eigenvalue weighted by Gasteiger charge is 2.63. The quantitative estimate of drug-likeness (QED) is 0.773. The van der Waals surface area contributed by atoms with Crippen LogP contribution in [0.15, 0.2) is 66.7 Å². The van der Waals surface area contributed by atoms with Crippen molar-refractivity contribution < 1.29 is 14.6 Å². The van der Waals surface area contributed by atoms with E-state index in [4.69, 9.17) is 4.74 Å². The second-order valence-corrected chi connectivity index (χ2v) is 9.00. The Labute approximate surface area is 184 Å². The van der Waals surface area contributed by atoms with Crippen LogP contribution in [0.4, 0.5) is 4.79 Å². The Balaban J connectivity index is 1.49. The van der Waals surface area contributed by atoms with E-state index in [-0.39, 0.29) is 6.04 Å². The topological polar surface area (TPSA) is 53.0 Å². The Morgan fingerprint density at radius 1 is 1.03 bits per heavy atom. The highest BCUT2D eigenvalue weighted by atomic mass is 16.6. The van der Waals surface area contributed by atoms with Crippen molar-refractivity contribution in [1.82, 2.24) is 9.80 Å². The molecule has 0 aromatic heterocycles. The molecule has 1 N–H and O–H groups in total. The summed E-state index contributed by atoms with van der Waals surface area (Å²) < 4.78 is 5.79. The van der Waals surface area contributed by atoms with Gasteiger partial charge in [-0.25, -0.2) is 4.79 Å². The molecule has 1 amide bonds. The number of piperidine rings is 1. The van der Waals surface area contributed by atoms with Gasteiger partial charge in [-0.05, 0) is 37.5 Å². The number of hydrogen-bond donors (Lipinski definition) is 1. The number of likely N-dealkylation sites (tertiary alicyclic amines) is 1. The zero-order valence-corrected chi connectivity index (χ0v) is 18.6. The summed E-state index contributed by atoms with van der Waals surface area (Å²) in [6, 6.07) is 20.8. The number of nitrogens with zero attached hydrogens (tertiary/aromatic N) is 2. The van der Waals surface area contributed by atoms with Gasteiger partial charge in [-0.1, -0.05) is 66.7 Å². The molecular formula is C26H32N2O3. The monoisotopic (exact) mass is 420 g/mol. The number of rotatable bonds is 5. The van der Waals surface area contributed by atoms with E-state index in [0.717, 1.165) is 19.6 Å². The molecule has 1 atom stereocenters. The predicted octanol–water partition coefficient (Wildman–Crippen LogP) is 4.52. The van der Waals surface area contributed by atoms with Crippen LogP contribution in [0.1, 0.15) is 44.7 Å². The maximum absolute atomic E-state index is 12.4. The minimum atomic E-state index is -1.29. The fourth-order valence-corrected chi connectivity index (χ4v) is 4.95. The van der Waals surface area contributed by atoms with Gasteiger partial charge in [0.25, 0.3) is 0 Å². The van der Waals surface area contributed by atoms with Crippen LogP contribution in [-0.4, -0.2) is 58.0 Å². The third kappa shape index (κ3) is 4.00. The average Bonchev–Trinajstić information content (AvgIpc) is 2.95. The third-order valence-electron chi connectivity index (χ3n) is 6.71. The van der Waals surface area contributed by atoms with Crippen molar-refractivity contribution >= 4 is 11.7 Å². The molecular weight excluding hydrogens is 388 g/mol. The molecule has 2 saturated heterocycles. The van der Waals surface area contributed by atoms with Gasteiger partial charge in [0.1, 0.15) is 0 Å². The predicted molar refractivity (Wildman–Crippen MR) is 122 cm³/mol. The van der Waals surface area contributed by atoms with Crippen LogP contribution in [0, 0.1) is 0 Å². The summed E-state index contributed by atoms with van der Waals surface area (Å²) in [6.07, 6.45) is 3.11. The van der Waals surface area contributed by atoms with Gasteiger partial charge in [-0.3, -0.25) is 9.80 Å². The van der Waals surface area contributed by atoms with Gasteiger partial charge in [0, 0.05) is 38.5 Å². The normalized spacial score (nSPS) is 23.3. The number of hydrogen-bond acceptors (Lipinski definition) is 4. The van der Waals surface area contributed by atoms with E-state index in [2.05, 4.69) is 59.5 Å². The lowest BCUT2D eigenvalue weighted by atomic mass is 9.81. The summed E-state index contributed by atoms with van der Waals surface area (Å²) in [6.45, 7) is 7.87. The molecule has 2 aliphatic rings.